The number of carbonyl (C=O) groups excluding carboxylic acids is 2. The molecule has 6 nitrogen and oxygen atoms in total. The summed E-state index contributed by atoms with van der Waals surface area (Å²) in [4.78, 5) is 24.9. The van der Waals surface area contributed by atoms with Crippen molar-refractivity contribution in [1.29, 1.82) is 0 Å². The van der Waals surface area contributed by atoms with Crippen molar-refractivity contribution in [1.82, 2.24) is 9.78 Å². The largest absolute Gasteiger partial charge is 0.436 e. The second-order valence-corrected chi connectivity index (χ2v) is 8.40. The number of thiophene rings is 1. The zero-order chi connectivity index (χ0) is 20.1. The van der Waals surface area contributed by atoms with Crippen molar-refractivity contribution in [2.24, 2.45) is 5.73 Å². The highest BCUT2D eigenvalue weighted by Gasteiger charge is 2.42. The predicted octanol–water partition coefficient (Wildman–Crippen LogP) is 3.96. The van der Waals surface area contributed by atoms with Crippen LogP contribution in [0.25, 0.3) is 0 Å². The highest BCUT2D eigenvalue weighted by molar-refractivity contribution is 9.10. The van der Waals surface area contributed by atoms with Crippen LogP contribution in [-0.2, 0) is 17.5 Å². The van der Waals surface area contributed by atoms with Crippen molar-refractivity contribution < 1.29 is 22.8 Å². The van der Waals surface area contributed by atoms with E-state index < -0.39 is 30.2 Å². The first-order chi connectivity index (χ1) is 12.5. The van der Waals surface area contributed by atoms with E-state index in [1.165, 1.54) is 11.3 Å². The van der Waals surface area contributed by atoms with Crippen LogP contribution < -0.4 is 11.1 Å². The van der Waals surface area contributed by atoms with E-state index in [-0.39, 0.29) is 21.0 Å². The van der Waals surface area contributed by atoms with Crippen LogP contribution in [0.15, 0.2) is 4.47 Å². The highest BCUT2D eigenvalue weighted by atomic mass is 79.9. The molecule has 1 aliphatic carbocycles. The number of aromatic nitrogens is 2. The fraction of sp³-hybridized carbons (Fsp3) is 0.438. The lowest BCUT2D eigenvalue weighted by molar-refractivity contribution is -0.142. The third-order valence-electron chi connectivity index (χ3n) is 4.34. The molecule has 1 saturated carbocycles. The molecule has 1 fully saturated rings. The monoisotopic (exact) mass is 464 g/mol. The molecule has 0 atom stereocenters. The minimum absolute atomic E-state index is 0.0526. The predicted molar refractivity (Wildman–Crippen MR) is 97.8 cm³/mol. The summed E-state index contributed by atoms with van der Waals surface area (Å²) in [6.07, 6.45) is -3.12. The topological polar surface area (TPSA) is 90.0 Å². The minimum Gasteiger partial charge on any atom is -0.365 e. The third kappa shape index (κ3) is 3.88. The Kier molecular flexibility index (Phi) is 5.10. The summed E-state index contributed by atoms with van der Waals surface area (Å²) in [5.41, 5.74) is 5.57. The van der Waals surface area contributed by atoms with Gasteiger partial charge >= 0.3 is 6.18 Å². The van der Waals surface area contributed by atoms with Crippen LogP contribution in [0, 0.1) is 13.8 Å². The summed E-state index contributed by atoms with van der Waals surface area (Å²) in [6.45, 7) is 3.11. The Morgan fingerprint density at radius 3 is 2.52 bits per heavy atom. The second-order valence-electron chi connectivity index (χ2n) is 6.38. The molecule has 0 bridgehead atoms. The standard InChI is InChI=1S/C16H16BrF3N4O2S/c1-6-7(2)27-15(10(6)14(21)26)22-9(25)5-24-12(8-3-4-8)11(17)13(23-24)16(18,19)20/h8H,3-5H2,1-2H3,(H2,21,26)(H,22,25). The number of anilines is 1. The van der Waals surface area contributed by atoms with E-state index in [0.29, 0.717) is 11.3 Å². The van der Waals surface area contributed by atoms with Gasteiger partial charge in [-0.3, -0.25) is 14.3 Å². The number of rotatable bonds is 5. The molecule has 2 aromatic heterocycles. The van der Waals surface area contributed by atoms with Gasteiger partial charge in [0, 0.05) is 10.8 Å². The van der Waals surface area contributed by atoms with Crippen molar-refractivity contribution >= 4 is 44.1 Å². The van der Waals surface area contributed by atoms with Gasteiger partial charge in [-0.15, -0.1) is 11.3 Å². The first kappa shape index (κ1) is 19.9. The lowest BCUT2D eigenvalue weighted by Crippen LogP contribution is -2.22. The average Bonchev–Trinajstić information content (AvgIpc) is 3.24. The Labute approximate surface area is 165 Å². The van der Waals surface area contributed by atoms with Gasteiger partial charge in [0.1, 0.15) is 11.5 Å². The minimum atomic E-state index is -4.62. The maximum Gasteiger partial charge on any atom is 0.436 e. The lowest BCUT2D eigenvalue weighted by atomic mass is 10.1. The van der Waals surface area contributed by atoms with E-state index in [2.05, 4.69) is 26.3 Å². The quantitative estimate of drug-likeness (QED) is 0.701. The van der Waals surface area contributed by atoms with Gasteiger partial charge in [0.25, 0.3) is 5.91 Å². The van der Waals surface area contributed by atoms with Crippen LogP contribution in [0.2, 0.25) is 0 Å². The fourth-order valence-electron chi connectivity index (χ4n) is 2.82. The zero-order valence-corrected chi connectivity index (χ0v) is 16.8. The molecule has 0 unspecified atom stereocenters. The van der Waals surface area contributed by atoms with Crippen molar-refractivity contribution in [3.05, 3.63) is 31.9 Å². The van der Waals surface area contributed by atoms with Crippen LogP contribution in [0.4, 0.5) is 18.2 Å². The van der Waals surface area contributed by atoms with Crippen molar-refractivity contribution in [3.8, 4) is 0 Å². The summed E-state index contributed by atoms with van der Waals surface area (Å²) >= 11 is 4.18. The molecule has 0 spiro atoms. The number of hydrogen-bond acceptors (Lipinski definition) is 4. The third-order valence-corrected chi connectivity index (χ3v) is 6.25. The molecule has 3 N–H and O–H groups in total. The SMILES string of the molecule is Cc1sc(NC(=O)Cn2nc(C(F)(F)F)c(Br)c2C2CC2)c(C(N)=O)c1C. The van der Waals surface area contributed by atoms with Gasteiger partial charge in [0.2, 0.25) is 5.91 Å². The van der Waals surface area contributed by atoms with Gasteiger partial charge in [-0.05, 0) is 48.2 Å². The molecule has 0 aliphatic heterocycles. The first-order valence-electron chi connectivity index (χ1n) is 8.03. The van der Waals surface area contributed by atoms with E-state index in [1.54, 1.807) is 13.8 Å². The Bertz CT molecular complexity index is 931. The maximum absolute atomic E-state index is 13.1. The van der Waals surface area contributed by atoms with Gasteiger partial charge in [-0.1, -0.05) is 0 Å². The smallest absolute Gasteiger partial charge is 0.365 e. The summed E-state index contributed by atoms with van der Waals surface area (Å²) < 4.78 is 40.4. The molecule has 0 saturated heterocycles. The number of alkyl halides is 3. The Hall–Kier alpha value is -1.88. The molecule has 2 heterocycles. The molecular formula is C16H16BrF3N4O2S. The molecule has 146 valence electrons. The van der Waals surface area contributed by atoms with Gasteiger partial charge in [-0.2, -0.15) is 18.3 Å². The average molecular weight is 465 g/mol. The van der Waals surface area contributed by atoms with Crippen LogP contribution >= 0.6 is 27.3 Å². The molecule has 3 rings (SSSR count). The fourth-order valence-corrected chi connectivity index (χ4v) is 4.73. The molecule has 0 radical (unpaired) electrons. The summed E-state index contributed by atoms with van der Waals surface area (Å²) in [5, 5.41) is 6.47. The Morgan fingerprint density at radius 1 is 1.37 bits per heavy atom. The van der Waals surface area contributed by atoms with E-state index in [4.69, 9.17) is 5.73 Å². The summed E-state index contributed by atoms with van der Waals surface area (Å²) in [5.74, 6) is -1.31. The Morgan fingerprint density at radius 2 is 2.00 bits per heavy atom. The summed E-state index contributed by atoms with van der Waals surface area (Å²) in [6, 6.07) is 0. The summed E-state index contributed by atoms with van der Waals surface area (Å²) in [7, 11) is 0. The Balaban J connectivity index is 1.87. The van der Waals surface area contributed by atoms with Gasteiger partial charge in [0.05, 0.1) is 15.7 Å². The van der Waals surface area contributed by atoms with Crippen molar-refractivity contribution in [2.75, 3.05) is 5.32 Å². The van der Waals surface area contributed by atoms with E-state index in [9.17, 15) is 22.8 Å². The zero-order valence-electron chi connectivity index (χ0n) is 14.4. The van der Waals surface area contributed by atoms with Crippen LogP contribution in [0.1, 0.15) is 50.9 Å². The van der Waals surface area contributed by atoms with Crippen molar-refractivity contribution in [3.63, 3.8) is 0 Å². The van der Waals surface area contributed by atoms with E-state index >= 15 is 0 Å². The normalized spacial score (nSPS) is 14.4. The van der Waals surface area contributed by atoms with Gasteiger partial charge in [0.15, 0.2) is 5.69 Å². The van der Waals surface area contributed by atoms with Crippen LogP contribution in [-0.4, -0.2) is 21.6 Å². The maximum atomic E-state index is 13.1. The molecule has 11 heteroatoms. The van der Waals surface area contributed by atoms with E-state index in [0.717, 1.165) is 22.4 Å². The van der Waals surface area contributed by atoms with Crippen molar-refractivity contribution in [2.45, 2.75) is 45.3 Å². The molecule has 0 aromatic carbocycles. The number of halogens is 4. The molecule has 2 amide bonds. The van der Waals surface area contributed by atoms with E-state index in [1.807, 2.05) is 0 Å². The molecular weight excluding hydrogens is 449 g/mol. The molecule has 2 aromatic rings. The first-order valence-corrected chi connectivity index (χ1v) is 9.64. The van der Waals surface area contributed by atoms with Gasteiger partial charge in [-0.25, -0.2) is 0 Å². The molecule has 1 aliphatic rings. The number of nitrogens with one attached hydrogen (secondary N) is 1. The number of nitrogens with zero attached hydrogens (tertiary/aromatic N) is 2. The number of carbonyl (C=O) groups is 2. The highest BCUT2D eigenvalue weighted by Crippen LogP contribution is 2.47. The number of aryl methyl sites for hydroxylation is 1. The van der Waals surface area contributed by atoms with Crippen LogP contribution in [0.3, 0.4) is 0 Å². The molecule has 27 heavy (non-hydrogen) atoms. The number of primary amides is 1. The van der Waals surface area contributed by atoms with Gasteiger partial charge < -0.3 is 11.1 Å². The number of amides is 2. The number of hydrogen-bond donors (Lipinski definition) is 2. The second kappa shape index (κ2) is 6.93. The van der Waals surface area contributed by atoms with Crippen LogP contribution in [0.5, 0.6) is 0 Å². The lowest BCUT2D eigenvalue weighted by Gasteiger charge is -2.08. The number of nitrogens with two attached hydrogens (primary N) is 1.